The Labute approximate surface area is 138 Å². The number of aryl methyl sites for hydroxylation is 2. The van der Waals surface area contributed by atoms with E-state index in [4.69, 9.17) is 5.73 Å². The molecule has 0 radical (unpaired) electrons. The van der Waals surface area contributed by atoms with E-state index in [0.29, 0.717) is 11.2 Å². The molecule has 0 aliphatic carbocycles. The summed E-state index contributed by atoms with van der Waals surface area (Å²) in [7, 11) is 1.77. The molecule has 0 aliphatic rings. The van der Waals surface area contributed by atoms with Crippen molar-refractivity contribution in [1.82, 2.24) is 19.2 Å². The predicted octanol–water partition coefficient (Wildman–Crippen LogP) is 2.39. The molecule has 0 unspecified atom stereocenters. The molecular weight excluding hydrogens is 302 g/mol. The number of nitrogen functional groups attached to an aromatic ring is 1. The van der Waals surface area contributed by atoms with Gasteiger partial charge < -0.3 is 5.73 Å². The maximum Gasteiger partial charge on any atom is 0.261 e. The second-order valence-corrected chi connectivity index (χ2v) is 5.83. The minimum absolute atomic E-state index is 0.0259. The summed E-state index contributed by atoms with van der Waals surface area (Å²) in [6, 6.07) is 11.4. The van der Waals surface area contributed by atoms with Crippen molar-refractivity contribution in [2.75, 3.05) is 5.73 Å². The van der Waals surface area contributed by atoms with E-state index in [0.717, 1.165) is 34.4 Å². The van der Waals surface area contributed by atoms with Crippen LogP contribution in [0.2, 0.25) is 0 Å². The highest BCUT2D eigenvalue weighted by Crippen LogP contribution is 2.24. The lowest BCUT2D eigenvalue weighted by Crippen LogP contribution is -2.19. The Morgan fingerprint density at radius 3 is 2.62 bits per heavy atom. The Morgan fingerprint density at radius 1 is 1.12 bits per heavy atom. The molecule has 4 aromatic rings. The van der Waals surface area contributed by atoms with Gasteiger partial charge in [0.1, 0.15) is 11.5 Å². The van der Waals surface area contributed by atoms with Crippen molar-refractivity contribution in [2.24, 2.45) is 7.05 Å². The van der Waals surface area contributed by atoms with Crippen LogP contribution in [0.1, 0.15) is 12.6 Å². The zero-order valence-corrected chi connectivity index (χ0v) is 13.5. The Balaban J connectivity index is 2.06. The first-order chi connectivity index (χ1) is 11.6. The number of aromatic nitrogens is 4. The zero-order chi connectivity index (χ0) is 16.8. The van der Waals surface area contributed by atoms with Crippen molar-refractivity contribution in [3.8, 4) is 11.1 Å². The van der Waals surface area contributed by atoms with Gasteiger partial charge in [-0.25, -0.2) is 9.50 Å². The van der Waals surface area contributed by atoms with E-state index in [-0.39, 0.29) is 5.56 Å². The quantitative estimate of drug-likeness (QED) is 0.615. The second kappa shape index (κ2) is 5.19. The van der Waals surface area contributed by atoms with Crippen molar-refractivity contribution < 1.29 is 0 Å². The van der Waals surface area contributed by atoms with Crippen LogP contribution in [0.4, 0.5) is 5.82 Å². The van der Waals surface area contributed by atoms with Crippen LogP contribution >= 0.6 is 0 Å². The van der Waals surface area contributed by atoms with Crippen LogP contribution in [0.5, 0.6) is 0 Å². The molecule has 1 aromatic carbocycles. The number of anilines is 1. The van der Waals surface area contributed by atoms with Gasteiger partial charge in [-0.15, -0.1) is 0 Å². The molecule has 3 heterocycles. The number of fused-ring (bicyclic) bond motifs is 3. The van der Waals surface area contributed by atoms with Gasteiger partial charge in [-0.3, -0.25) is 9.36 Å². The number of benzene rings is 1. The second-order valence-electron chi connectivity index (χ2n) is 5.83. The van der Waals surface area contributed by atoms with Gasteiger partial charge in [0.15, 0.2) is 0 Å². The van der Waals surface area contributed by atoms with Crippen molar-refractivity contribution in [2.45, 2.75) is 13.3 Å². The van der Waals surface area contributed by atoms with Gasteiger partial charge in [-0.1, -0.05) is 13.0 Å². The fourth-order valence-electron chi connectivity index (χ4n) is 2.94. The lowest BCUT2D eigenvalue weighted by molar-refractivity contribution is 0.840. The third-order valence-corrected chi connectivity index (χ3v) is 4.33. The molecule has 0 amide bonds. The lowest BCUT2D eigenvalue weighted by atomic mass is 10.1. The van der Waals surface area contributed by atoms with Crippen LogP contribution in [0.15, 0.2) is 47.4 Å². The van der Waals surface area contributed by atoms with E-state index in [1.165, 1.54) is 0 Å². The largest absolute Gasteiger partial charge is 0.384 e. The van der Waals surface area contributed by atoms with Crippen molar-refractivity contribution >= 4 is 22.4 Å². The summed E-state index contributed by atoms with van der Waals surface area (Å²) in [4.78, 5) is 16.8. The Morgan fingerprint density at radius 2 is 1.92 bits per heavy atom. The molecule has 0 saturated heterocycles. The molecule has 0 aliphatic heterocycles. The highest BCUT2D eigenvalue weighted by Gasteiger charge is 2.12. The number of nitrogens with two attached hydrogens (primary N) is 1. The van der Waals surface area contributed by atoms with Crippen LogP contribution in [0.25, 0.3) is 27.7 Å². The molecule has 6 nitrogen and oxygen atoms in total. The van der Waals surface area contributed by atoms with Crippen LogP contribution in [0, 0.1) is 0 Å². The Hall–Kier alpha value is -3.15. The van der Waals surface area contributed by atoms with Crippen LogP contribution in [-0.2, 0) is 13.5 Å². The van der Waals surface area contributed by atoms with Gasteiger partial charge in [0.25, 0.3) is 5.56 Å². The summed E-state index contributed by atoms with van der Waals surface area (Å²) in [5.41, 5.74) is 10.1. The van der Waals surface area contributed by atoms with Gasteiger partial charge in [0.05, 0.1) is 16.6 Å². The van der Waals surface area contributed by atoms with Crippen LogP contribution in [0.3, 0.4) is 0 Å². The number of hydrogen-bond acceptors (Lipinski definition) is 4. The number of rotatable bonds is 2. The fraction of sp³-hybridized carbons (Fsp3) is 0.167. The summed E-state index contributed by atoms with van der Waals surface area (Å²) in [5, 5.41) is 5.27. The maximum absolute atomic E-state index is 12.6. The van der Waals surface area contributed by atoms with E-state index < -0.39 is 0 Å². The molecule has 3 aromatic heterocycles. The first kappa shape index (κ1) is 14.4. The van der Waals surface area contributed by atoms with Crippen LogP contribution in [-0.4, -0.2) is 19.2 Å². The first-order valence-corrected chi connectivity index (χ1v) is 7.82. The summed E-state index contributed by atoms with van der Waals surface area (Å²) in [5.74, 6) is 0.482. The zero-order valence-electron chi connectivity index (χ0n) is 13.5. The van der Waals surface area contributed by atoms with Crippen LogP contribution < -0.4 is 11.3 Å². The normalized spacial score (nSPS) is 11.4. The Kier molecular flexibility index (Phi) is 3.13. The minimum Gasteiger partial charge on any atom is -0.384 e. The van der Waals surface area contributed by atoms with Gasteiger partial charge >= 0.3 is 0 Å². The lowest BCUT2D eigenvalue weighted by Gasteiger charge is -2.08. The number of hydrogen-bond donors (Lipinski definition) is 1. The van der Waals surface area contributed by atoms with E-state index >= 15 is 0 Å². The van der Waals surface area contributed by atoms with Crippen molar-refractivity contribution in [3.63, 3.8) is 0 Å². The van der Waals surface area contributed by atoms with E-state index in [9.17, 15) is 4.79 Å². The smallest absolute Gasteiger partial charge is 0.261 e. The molecule has 0 saturated carbocycles. The predicted molar refractivity (Wildman–Crippen MR) is 95.0 cm³/mol. The third kappa shape index (κ3) is 2.07. The summed E-state index contributed by atoms with van der Waals surface area (Å²) in [6.07, 6.45) is 2.55. The molecule has 0 bridgehead atoms. The number of nitrogens with zero attached hydrogens (tertiary/aromatic N) is 4. The molecule has 0 fully saturated rings. The first-order valence-electron chi connectivity index (χ1n) is 7.82. The standard InChI is InChI=1S/C18H17N5O/c1-3-13-9-17-22(2)18(24)14-6-4-11(8-15(14)23(17)21-13)12-5-7-16(19)20-10-12/h4-10H,3H2,1-2H3,(H2,19,20). The third-order valence-electron chi connectivity index (χ3n) is 4.33. The van der Waals surface area contributed by atoms with E-state index in [1.807, 2.05) is 41.8 Å². The van der Waals surface area contributed by atoms with E-state index in [2.05, 4.69) is 10.1 Å². The highest BCUT2D eigenvalue weighted by atomic mass is 16.1. The molecule has 6 heteroatoms. The van der Waals surface area contributed by atoms with Gasteiger partial charge in [-0.05, 0) is 36.2 Å². The molecular formula is C18H17N5O. The monoisotopic (exact) mass is 319 g/mol. The molecule has 2 N–H and O–H groups in total. The molecule has 120 valence electrons. The highest BCUT2D eigenvalue weighted by molar-refractivity contribution is 5.85. The Bertz CT molecular complexity index is 1120. The van der Waals surface area contributed by atoms with Gasteiger partial charge in [-0.2, -0.15) is 5.10 Å². The minimum atomic E-state index is -0.0259. The summed E-state index contributed by atoms with van der Waals surface area (Å²) < 4.78 is 3.47. The SMILES string of the molecule is CCc1cc2n(C)c(=O)c3ccc(-c4ccc(N)nc4)cc3n2n1. The van der Waals surface area contributed by atoms with Gasteiger partial charge in [0.2, 0.25) is 0 Å². The van der Waals surface area contributed by atoms with Crippen molar-refractivity contribution in [3.05, 3.63) is 58.6 Å². The van der Waals surface area contributed by atoms with Gasteiger partial charge in [0, 0.05) is 24.9 Å². The molecule has 0 spiro atoms. The topological polar surface area (TPSA) is 78.2 Å². The summed E-state index contributed by atoms with van der Waals surface area (Å²) >= 11 is 0. The average molecular weight is 319 g/mol. The molecule has 4 rings (SSSR count). The maximum atomic E-state index is 12.6. The number of pyridine rings is 1. The molecule has 24 heavy (non-hydrogen) atoms. The summed E-state index contributed by atoms with van der Waals surface area (Å²) in [6.45, 7) is 2.05. The fourth-order valence-corrected chi connectivity index (χ4v) is 2.94. The average Bonchev–Trinajstić information content (AvgIpc) is 3.05. The van der Waals surface area contributed by atoms with E-state index in [1.54, 1.807) is 23.9 Å². The van der Waals surface area contributed by atoms with Crippen molar-refractivity contribution in [1.29, 1.82) is 0 Å². The molecule has 0 atom stereocenters.